The van der Waals surface area contributed by atoms with E-state index in [1.54, 1.807) is 30.8 Å². The number of aromatic hydroxyl groups is 1. The van der Waals surface area contributed by atoms with Gasteiger partial charge in [-0.05, 0) is 30.9 Å². The fourth-order valence-electron chi connectivity index (χ4n) is 2.38. The molecule has 1 heterocycles. The summed E-state index contributed by atoms with van der Waals surface area (Å²) in [5, 5.41) is 15.0. The number of hydrogen-bond acceptors (Lipinski definition) is 6. The number of phenols is 1. The van der Waals surface area contributed by atoms with Crippen molar-refractivity contribution >= 4 is 23.8 Å². The summed E-state index contributed by atoms with van der Waals surface area (Å²) in [5.41, 5.74) is 1.36. The molecular weight excluding hydrogens is 332 g/mol. The SMILES string of the molecule is COc1cc([C@@H]2NC(=O)NC(C)=C2C(=O)OCCSC)ccc1O. The molecule has 0 saturated carbocycles. The van der Waals surface area contributed by atoms with Gasteiger partial charge in [0, 0.05) is 11.4 Å². The predicted molar refractivity (Wildman–Crippen MR) is 91.1 cm³/mol. The fraction of sp³-hybridized carbons (Fsp3) is 0.375. The Balaban J connectivity index is 2.36. The van der Waals surface area contributed by atoms with Gasteiger partial charge in [0.05, 0.1) is 18.7 Å². The van der Waals surface area contributed by atoms with Gasteiger partial charge in [-0.2, -0.15) is 11.8 Å². The van der Waals surface area contributed by atoms with Crippen molar-refractivity contribution in [3.05, 3.63) is 35.0 Å². The number of nitrogens with one attached hydrogen (secondary N) is 2. The minimum absolute atomic E-state index is 0.0219. The summed E-state index contributed by atoms with van der Waals surface area (Å²) in [6.45, 7) is 1.94. The average Bonchev–Trinajstić information content (AvgIpc) is 2.54. The van der Waals surface area contributed by atoms with Gasteiger partial charge in [0.25, 0.3) is 0 Å². The van der Waals surface area contributed by atoms with Crippen molar-refractivity contribution in [3.8, 4) is 11.5 Å². The molecule has 2 amide bonds. The van der Waals surface area contributed by atoms with Crippen LogP contribution in [-0.2, 0) is 9.53 Å². The molecule has 7 nitrogen and oxygen atoms in total. The van der Waals surface area contributed by atoms with Crippen molar-refractivity contribution in [2.45, 2.75) is 13.0 Å². The third-order valence-electron chi connectivity index (χ3n) is 3.55. The molecule has 0 spiro atoms. The second-order valence-electron chi connectivity index (χ2n) is 5.13. The highest BCUT2D eigenvalue weighted by atomic mass is 32.2. The number of methoxy groups -OCH3 is 1. The second kappa shape index (κ2) is 7.96. The van der Waals surface area contributed by atoms with Crippen LogP contribution in [0.25, 0.3) is 0 Å². The Morgan fingerprint density at radius 2 is 2.17 bits per heavy atom. The van der Waals surface area contributed by atoms with Crippen molar-refractivity contribution in [2.24, 2.45) is 0 Å². The van der Waals surface area contributed by atoms with E-state index < -0.39 is 18.0 Å². The standard InChI is InChI=1S/C16H20N2O5S/c1-9-13(15(20)23-6-7-24-3)14(18-16(21)17-9)10-4-5-11(19)12(8-10)22-2/h4-5,8,14,19H,6-7H2,1-3H3,(H2,17,18,21)/t14-/m0/s1. The summed E-state index contributed by atoms with van der Waals surface area (Å²) in [4.78, 5) is 24.2. The molecule has 0 fully saturated rings. The number of esters is 1. The minimum Gasteiger partial charge on any atom is -0.504 e. The first kappa shape index (κ1) is 18.0. The van der Waals surface area contributed by atoms with E-state index >= 15 is 0 Å². The third kappa shape index (κ3) is 3.94. The quantitative estimate of drug-likeness (QED) is 0.535. The van der Waals surface area contributed by atoms with E-state index in [1.807, 2.05) is 6.26 Å². The highest BCUT2D eigenvalue weighted by Crippen LogP contribution is 2.33. The molecule has 130 valence electrons. The lowest BCUT2D eigenvalue weighted by Crippen LogP contribution is -2.45. The molecule has 0 aromatic heterocycles. The Hall–Kier alpha value is -2.35. The van der Waals surface area contributed by atoms with Crippen molar-refractivity contribution < 1.29 is 24.2 Å². The molecule has 1 atom stereocenters. The zero-order valence-corrected chi connectivity index (χ0v) is 14.5. The van der Waals surface area contributed by atoms with Crippen LogP contribution < -0.4 is 15.4 Å². The summed E-state index contributed by atoms with van der Waals surface area (Å²) < 4.78 is 10.4. The summed E-state index contributed by atoms with van der Waals surface area (Å²) >= 11 is 1.57. The third-order valence-corrected chi connectivity index (χ3v) is 4.12. The van der Waals surface area contributed by atoms with Crippen molar-refractivity contribution in [3.63, 3.8) is 0 Å². The molecule has 2 rings (SSSR count). The Labute approximate surface area is 144 Å². The van der Waals surface area contributed by atoms with Crippen molar-refractivity contribution in [2.75, 3.05) is 25.7 Å². The van der Waals surface area contributed by atoms with Crippen molar-refractivity contribution in [1.82, 2.24) is 10.6 Å². The first-order chi connectivity index (χ1) is 11.5. The van der Waals surface area contributed by atoms with Crippen LogP contribution in [0, 0.1) is 0 Å². The van der Waals surface area contributed by atoms with Crippen LogP contribution in [0.3, 0.4) is 0 Å². The molecule has 1 aliphatic rings. The van der Waals surface area contributed by atoms with E-state index in [0.29, 0.717) is 22.6 Å². The number of carbonyl (C=O) groups excluding carboxylic acids is 2. The Morgan fingerprint density at radius 3 is 2.83 bits per heavy atom. The van der Waals surface area contributed by atoms with Gasteiger partial charge in [-0.25, -0.2) is 9.59 Å². The normalized spacial score (nSPS) is 17.1. The summed E-state index contributed by atoms with van der Waals surface area (Å²) in [6.07, 6.45) is 1.92. The summed E-state index contributed by atoms with van der Waals surface area (Å²) in [6, 6.07) is 3.55. The molecule has 1 aromatic rings. The van der Waals surface area contributed by atoms with Gasteiger partial charge in [0.15, 0.2) is 11.5 Å². The maximum atomic E-state index is 12.4. The Kier molecular flexibility index (Phi) is 5.97. The van der Waals surface area contributed by atoms with E-state index in [1.165, 1.54) is 13.2 Å². The van der Waals surface area contributed by atoms with Crippen LogP contribution in [0.1, 0.15) is 18.5 Å². The fourth-order valence-corrected chi connectivity index (χ4v) is 2.63. The largest absolute Gasteiger partial charge is 0.504 e. The van der Waals surface area contributed by atoms with Crippen LogP contribution in [0.15, 0.2) is 29.5 Å². The Bertz CT molecular complexity index is 674. The van der Waals surface area contributed by atoms with E-state index in [9.17, 15) is 14.7 Å². The maximum Gasteiger partial charge on any atom is 0.338 e. The number of rotatable bonds is 6. The lowest BCUT2D eigenvalue weighted by Gasteiger charge is -2.28. The van der Waals surface area contributed by atoms with Crippen LogP contribution >= 0.6 is 11.8 Å². The number of hydrogen-bond donors (Lipinski definition) is 3. The predicted octanol–water partition coefficient (Wildman–Crippen LogP) is 1.93. The van der Waals surface area contributed by atoms with Gasteiger partial charge >= 0.3 is 12.0 Å². The lowest BCUT2D eigenvalue weighted by atomic mass is 9.95. The smallest absolute Gasteiger partial charge is 0.338 e. The maximum absolute atomic E-state index is 12.4. The van der Waals surface area contributed by atoms with Crippen molar-refractivity contribution in [1.29, 1.82) is 0 Å². The molecule has 24 heavy (non-hydrogen) atoms. The number of allylic oxidation sites excluding steroid dienone is 1. The zero-order valence-electron chi connectivity index (χ0n) is 13.7. The molecule has 0 radical (unpaired) electrons. The summed E-state index contributed by atoms with van der Waals surface area (Å²) in [7, 11) is 1.43. The van der Waals surface area contributed by atoms with Gasteiger partial charge in [-0.3, -0.25) is 0 Å². The van der Waals surface area contributed by atoms with Crippen LogP contribution in [-0.4, -0.2) is 42.8 Å². The molecule has 1 aromatic carbocycles. The van der Waals surface area contributed by atoms with E-state index in [-0.39, 0.29) is 18.1 Å². The average molecular weight is 352 g/mol. The van der Waals surface area contributed by atoms with E-state index in [4.69, 9.17) is 9.47 Å². The van der Waals surface area contributed by atoms with Gasteiger partial charge < -0.3 is 25.2 Å². The molecular formula is C16H20N2O5S. The number of ether oxygens (including phenoxy) is 2. The number of amides is 2. The Morgan fingerprint density at radius 1 is 1.42 bits per heavy atom. The molecule has 0 unspecified atom stereocenters. The number of urea groups is 1. The molecule has 3 N–H and O–H groups in total. The highest BCUT2D eigenvalue weighted by molar-refractivity contribution is 7.98. The molecule has 1 aliphatic heterocycles. The topological polar surface area (TPSA) is 96.9 Å². The van der Waals surface area contributed by atoms with Gasteiger partial charge in [-0.1, -0.05) is 6.07 Å². The van der Waals surface area contributed by atoms with E-state index in [0.717, 1.165) is 0 Å². The molecule has 0 bridgehead atoms. The van der Waals surface area contributed by atoms with E-state index in [2.05, 4.69) is 10.6 Å². The molecule has 8 heteroatoms. The number of thioether (sulfide) groups is 1. The summed E-state index contributed by atoms with van der Waals surface area (Å²) in [5.74, 6) is 0.431. The zero-order chi connectivity index (χ0) is 17.7. The first-order valence-corrected chi connectivity index (χ1v) is 8.68. The van der Waals surface area contributed by atoms with Gasteiger partial charge in [0.1, 0.15) is 6.61 Å². The molecule has 0 saturated heterocycles. The second-order valence-corrected chi connectivity index (χ2v) is 6.12. The van der Waals surface area contributed by atoms with Gasteiger partial charge in [0.2, 0.25) is 0 Å². The van der Waals surface area contributed by atoms with Crippen LogP contribution in [0.4, 0.5) is 4.79 Å². The first-order valence-electron chi connectivity index (χ1n) is 7.29. The lowest BCUT2D eigenvalue weighted by molar-refractivity contribution is -0.138. The van der Waals surface area contributed by atoms with Crippen LogP contribution in [0.5, 0.6) is 11.5 Å². The number of carbonyl (C=O) groups is 2. The van der Waals surface area contributed by atoms with Crippen LogP contribution in [0.2, 0.25) is 0 Å². The number of benzene rings is 1. The monoisotopic (exact) mass is 352 g/mol. The highest BCUT2D eigenvalue weighted by Gasteiger charge is 2.32. The minimum atomic E-state index is -0.685. The molecule has 0 aliphatic carbocycles. The van der Waals surface area contributed by atoms with Gasteiger partial charge in [-0.15, -0.1) is 0 Å². The number of phenolic OH excluding ortho intramolecular Hbond substituents is 1.